The summed E-state index contributed by atoms with van der Waals surface area (Å²) in [6, 6.07) is 9.63. The second-order valence-corrected chi connectivity index (χ2v) is 4.85. The number of benzene rings is 1. The zero-order valence-electron chi connectivity index (χ0n) is 12.1. The molecule has 3 N–H and O–H groups in total. The Hall–Kier alpha value is -2.41. The van der Waals surface area contributed by atoms with Gasteiger partial charge >= 0.3 is 5.69 Å². The molecule has 0 bridgehead atoms. The number of hydrogen-bond donors (Lipinski definition) is 2. The average Bonchev–Trinajstić information content (AvgIpc) is 2.51. The number of anilines is 1. The number of rotatable bonds is 5. The topological polar surface area (TPSA) is 94.9 Å². The van der Waals surface area contributed by atoms with Gasteiger partial charge in [0.15, 0.2) is 0 Å². The predicted molar refractivity (Wildman–Crippen MR) is 81.2 cm³/mol. The highest BCUT2D eigenvalue weighted by molar-refractivity contribution is 5.29. The summed E-state index contributed by atoms with van der Waals surface area (Å²) in [5, 5.41) is 6.86. The van der Waals surface area contributed by atoms with Crippen molar-refractivity contribution in [1.82, 2.24) is 14.3 Å². The maximum absolute atomic E-state index is 11.9. The van der Waals surface area contributed by atoms with Crippen LogP contribution in [0.5, 0.6) is 0 Å². The summed E-state index contributed by atoms with van der Waals surface area (Å²) in [6.45, 7) is 0.497. The number of nitrogens with zero attached hydrogens (tertiary/aromatic N) is 3. The van der Waals surface area contributed by atoms with Crippen LogP contribution in [-0.4, -0.2) is 20.9 Å². The van der Waals surface area contributed by atoms with Gasteiger partial charge in [-0.3, -0.25) is 9.36 Å². The van der Waals surface area contributed by atoms with Crippen LogP contribution in [0.1, 0.15) is 18.0 Å². The third-order valence-corrected chi connectivity index (χ3v) is 3.30. The molecular formula is C14H19N5O2. The van der Waals surface area contributed by atoms with E-state index in [1.54, 1.807) is 0 Å². The summed E-state index contributed by atoms with van der Waals surface area (Å²) in [7, 11) is 2.93. The van der Waals surface area contributed by atoms with Crippen molar-refractivity contribution in [2.75, 3.05) is 11.9 Å². The lowest BCUT2D eigenvalue weighted by Gasteiger charge is -2.13. The summed E-state index contributed by atoms with van der Waals surface area (Å²) >= 11 is 0. The van der Waals surface area contributed by atoms with E-state index in [1.807, 2.05) is 30.3 Å². The van der Waals surface area contributed by atoms with Crippen molar-refractivity contribution in [1.29, 1.82) is 0 Å². The molecule has 7 nitrogen and oxygen atoms in total. The molecule has 21 heavy (non-hydrogen) atoms. The Labute approximate surface area is 122 Å². The third-order valence-electron chi connectivity index (χ3n) is 3.30. The zero-order valence-corrected chi connectivity index (χ0v) is 12.1. The normalized spacial score (nSPS) is 12.1. The molecule has 0 fully saturated rings. The second-order valence-electron chi connectivity index (χ2n) is 4.85. The van der Waals surface area contributed by atoms with Crippen LogP contribution in [0.15, 0.2) is 39.9 Å². The molecule has 0 amide bonds. The van der Waals surface area contributed by atoms with Crippen molar-refractivity contribution >= 4 is 5.82 Å². The Morgan fingerprint density at radius 2 is 1.90 bits per heavy atom. The number of aryl methyl sites for hydroxylation is 1. The fourth-order valence-electron chi connectivity index (χ4n) is 2.02. The summed E-state index contributed by atoms with van der Waals surface area (Å²) in [6.07, 6.45) is 0.650. The molecule has 0 aliphatic rings. The van der Waals surface area contributed by atoms with E-state index in [9.17, 15) is 9.59 Å². The maximum atomic E-state index is 11.9. The van der Waals surface area contributed by atoms with Crippen molar-refractivity contribution in [3.63, 3.8) is 0 Å². The van der Waals surface area contributed by atoms with E-state index in [0.717, 1.165) is 14.8 Å². The minimum atomic E-state index is -0.452. The fourth-order valence-corrected chi connectivity index (χ4v) is 2.02. The molecule has 0 saturated carbocycles. The Balaban J connectivity index is 2.02. The van der Waals surface area contributed by atoms with Crippen molar-refractivity contribution in [3.8, 4) is 0 Å². The van der Waals surface area contributed by atoms with Gasteiger partial charge in [0, 0.05) is 26.7 Å². The van der Waals surface area contributed by atoms with Crippen LogP contribution in [-0.2, 0) is 14.1 Å². The highest BCUT2D eigenvalue weighted by Gasteiger charge is 2.09. The van der Waals surface area contributed by atoms with Crippen LogP contribution >= 0.6 is 0 Å². The van der Waals surface area contributed by atoms with Crippen LogP contribution in [0.3, 0.4) is 0 Å². The van der Waals surface area contributed by atoms with E-state index < -0.39 is 11.2 Å². The SMILES string of the molecule is Cn1nc(NCCC(N)c2ccccc2)c(=O)n(C)c1=O. The van der Waals surface area contributed by atoms with Crippen LogP contribution in [0.25, 0.3) is 0 Å². The molecular weight excluding hydrogens is 270 g/mol. The Morgan fingerprint density at radius 1 is 1.24 bits per heavy atom. The molecule has 0 aliphatic carbocycles. The van der Waals surface area contributed by atoms with Gasteiger partial charge in [-0.05, 0) is 12.0 Å². The number of nitrogens with one attached hydrogen (secondary N) is 1. The number of hydrogen-bond acceptors (Lipinski definition) is 5. The Kier molecular flexibility index (Phi) is 4.54. The lowest BCUT2D eigenvalue weighted by atomic mass is 10.1. The van der Waals surface area contributed by atoms with Gasteiger partial charge in [0.1, 0.15) is 0 Å². The van der Waals surface area contributed by atoms with Gasteiger partial charge in [-0.1, -0.05) is 30.3 Å². The van der Waals surface area contributed by atoms with Gasteiger partial charge in [-0.25, -0.2) is 9.48 Å². The van der Waals surface area contributed by atoms with E-state index in [4.69, 9.17) is 5.73 Å². The zero-order chi connectivity index (χ0) is 15.4. The predicted octanol–water partition coefficient (Wildman–Crippen LogP) is -0.0190. The molecule has 1 aromatic heterocycles. The first-order valence-corrected chi connectivity index (χ1v) is 6.69. The first kappa shape index (κ1) is 15.0. The molecule has 7 heteroatoms. The van der Waals surface area contributed by atoms with Crippen LogP contribution in [0.4, 0.5) is 5.82 Å². The van der Waals surface area contributed by atoms with Crippen LogP contribution in [0.2, 0.25) is 0 Å². The molecule has 1 unspecified atom stereocenters. The highest BCUT2D eigenvalue weighted by Crippen LogP contribution is 2.12. The molecule has 1 heterocycles. The maximum Gasteiger partial charge on any atom is 0.346 e. The Morgan fingerprint density at radius 3 is 2.57 bits per heavy atom. The van der Waals surface area contributed by atoms with Gasteiger partial charge in [-0.15, -0.1) is 5.10 Å². The average molecular weight is 289 g/mol. The Bertz CT molecular complexity index is 720. The summed E-state index contributed by atoms with van der Waals surface area (Å²) in [5.74, 6) is 0.153. The standard InChI is InChI=1S/C14H19N5O2/c1-18-13(20)12(17-19(2)14(18)21)16-9-8-11(15)10-6-4-3-5-7-10/h3-7,11H,8-9,15H2,1-2H3,(H,16,17). The summed E-state index contributed by atoms with van der Waals surface area (Å²) < 4.78 is 2.15. The van der Waals surface area contributed by atoms with Gasteiger partial charge in [0.25, 0.3) is 5.56 Å². The molecule has 0 saturated heterocycles. The molecule has 1 atom stereocenters. The lowest BCUT2D eigenvalue weighted by molar-refractivity contribution is 0.600. The van der Waals surface area contributed by atoms with Gasteiger partial charge in [0.2, 0.25) is 5.82 Å². The van der Waals surface area contributed by atoms with Gasteiger partial charge in [0.05, 0.1) is 0 Å². The second kappa shape index (κ2) is 6.36. The van der Waals surface area contributed by atoms with E-state index in [0.29, 0.717) is 13.0 Å². The minimum absolute atomic E-state index is 0.116. The van der Waals surface area contributed by atoms with E-state index >= 15 is 0 Å². The molecule has 0 spiro atoms. The molecule has 1 aromatic carbocycles. The van der Waals surface area contributed by atoms with Crippen molar-refractivity contribution in [2.24, 2.45) is 19.8 Å². The minimum Gasteiger partial charge on any atom is -0.364 e. The van der Waals surface area contributed by atoms with Crippen molar-refractivity contribution < 1.29 is 0 Å². The molecule has 112 valence electrons. The molecule has 0 aliphatic heterocycles. The smallest absolute Gasteiger partial charge is 0.346 e. The van der Waals surface area contributed by atoms with E-state index in [-0.39, 0.29) is 11.9 Å². The first-order valence-electron chi connectivity index (χ1n) is 6.69. The first-order chi connectivity index (χ1) is 10.0. The molecule has 2 aromatic rings. The lowest BCUT2D eigenvalue weighted by Crippen LogP contribution is -2.40. The fraction of sp³-hybridized carbons (Fsp3) is 0.357. The largest absolute Gasteiger partial charge is 0.364 e. The quantitative estimate of drug-likeness (QED) is 0.806. The highest BCUT2D eigenvalue weighted by atomic mass is 16.2. The number of nitrogens with two attached hydrogens (primary N) is 1. The van der Waals surface area contributed by atoms with Crippen molar-refractivity contribution in [2.45, 2.75) is 12.5 Å². The van der Waals surface area contributed by atoms with Gasteiger partial charge < -0.3 is 11.1 Å². The molecule has 2 rings (SSSR count). The summed E-state index contributed by atoms with van der Waals surface area (Å²) in [5.41, 5.74) is 6.23. The van der Waals surface area contributed by atoms with E-state index in [2.05, 4.69) is 10.4 Å². The van der Waals surface area contributed by atoms with Gasteiger partial charge in [-0.2, -0.15) is 0 Å². The van der Waals surface area contributed by atoms with Crippen LogP contribution < -0.4 is 22.3 Å². The van der Waals surface area contributed by atoms with Crippen LogP contribution in [0, 0.1) is 0 Å². The monoisotopic (exact) mass is 289 g/mol. The van der Waals surface area contributed by atoms with Crippen molar-refractivity contribution in [3.05, 3.63) is 56.7 Å². The van der Waals surface area contributed by atoms with E-state index in [1.165, 1.54) is 14.1 Å². The third kappa shape index (κ3) is 3.38. The summed E-state index contributed by atoms with van der Waals surface area (Å²) in [4.78, 5) is 23.4. The number of aromatic nitrogens is 3. The molecule has 0 radical (unpaired) electrons.